The maximum absolute atomic E-state index is 5.82. The predicted octanol–water partition coefficient (Wildman–Crippen LogP) is 2.32. The molecule has 0 aliphatic carbocycles. The van der Waals surface area contributed by atoms with Crippen molar-refractivity contribution in [2.45, 2.75) is 25.3 Å². The van der Waals surface area contributed by atoms with Crippen LogP contribution in [0, 0.1) is 0 Å². The van der Waals surface area contributed by atoms with E-state index in [9.17, 15) is 0 Å². The highest BCUT2D eigenvalue weighted by molar-refractivity contribution is 5.20. The first-order valence-electron chi connectivity index (χ1n) is 9.55. The van der Waals surface area contributed by atoms with E-state index in [0.29, 0.717) is 12.5 Å². The lowest BCUT2D eigenvalue weighted by Gasteiger charge is -2.31. The number of likely N-dealkylation sites (tertiary alicyclic amines) is 1. The average Bonchev–Trinajstić information content (AvgIpc) is 3.34. The fourth-order valence-corrected chi connectivity index (χ4v) is 3.63. The molecule has 1 aliphatic rings. The standard InChI is InChI=1S/C20H26N6O/c1-24-19(16-26-11-5-10-21-26)22-23-20(24)17-8-12-25(13-9-17)14-15-27-18-6-3-2-4-7-18/h2-7,10-11,17H,8-9,12-16H2,1H3. The Morgan fingerprint density at radius 3 is 2.63 bits per heavy atom. The summed E-state index contributed by atoms with van der Waals surface area (Å²) in [6.07, 6.45) is 5.96. The first-order valence-corrected chi connectivity index (χ1v) is 9.55. The van der Waals surface area contributed by atoms with Crippen LogP contribution < -0.4 is 4.74 Å². The highest BCUT2D eigenvalue weighted by Gasteiger charge is 2.25. The normalized spacial score (nSPS) is 15.9. The third-order valence-electron chi connectivity index (χ3n) is 5.23. The van der Waals surface area contributed by atoms with Gasteiger partial charge in [-0.05, 0) is 44.1 Å². The Labute approximate surface area is 159 Å². The van der Waals surface area contributed by atoms with Gasteiger partial charge in [-0.15, -0.1) is 10.2 Å². The van der Waals surface area contributed by atoms with Crippen LogP contribution in [-0.4, -0.2) is 55.7 Å². The highest BCUT2D eigenvalue weighted by atomic mass is 16.5. The molecule has 0 atom stereocenters. The smallest absolute Gasteiger partial charge is 0.154 e. The van der Waals surface area contributed by atoms with Crippen molar-refractivity contribution in [3.8, 4) is 5.75 Å². The van der Waals surface area contributed by atoms with Crippen LogP contribution in [0.5, 0.6) is 5.75 Å². The number of nitrogens with zero attached hydrogens (tertiary/aromatic N) is 6. The predicted molar refractivity (Wildman–Crippen MR) is 103 cm³/mol. The lowest BCUT2D eigenvalue weighted by Crippen LogP contribution is -2.36. The fourth-order valence-electron chi connectivity index (χ4n) is 3.63. The molecule has 7 heteroatoms. The summed E-state index contributed by atoms with van der Waals surface area (Å²) in [5.74, 6) is 3.46. The molecule has 1 fully saturated rings. The van der Waals surface area contributed by atoms with Crippen molar-refractivity contribution in [3.05, 3.63) is 60.4 Å². The van der Waals surface area contributed by atoms with E-state index in [0.717, 1.165) is 56.5 Å². The summed E-state index contributed by atoms with van der Waals surface area (Å²) >= 11 is 0. The van der Waals surface area contributed by atoms with Crippen LogP contribution in [0.15, 0.2) is 48.8 Å². The first kappa shape index (κ1) is 17.7. The molecule has 7 nitrogen and oxygen atoms in total. The summed E-state index contributed by atoms with van der Waals surface area (Å²) in [5, 5.41) is 13.1. The van der Waals surface area contributed by atoms with Gasteiger partial charge in [0, 0.05) is 31.9 Å². The van der Waals surface area contributed by atoms with Gasteiger partial charge in [0.15, 0.2) is 5.82 Å². The van der Waals surface area contributed by atoms with E-state index in [4.69, 9.17) is 4.74 Å². The van der Waals surface area contributed by atoms with Gasteiger partial charge in [-0.3, -0.25) is 9.58 Å². The van der Waals surface area contributed by atoms with Crippen molar-refractivity contribution >= 4 is 0 Å². The van der Waals surface area contributed by atoms with Crippen LogP contribution in [-0.2, 0) is 13.6 Å². The monoisotopic (exact) mass is 366 g/mol. The Morgan fingerprint density at radius 1 is 1.07 bits per heavy atom. The van der Waals surface area contributed by atoms with E-state index >= 15 is 0 Å². The van der Waals surface area contributed by atoms with Gasteiger partial charge in [-0.1, -0.05) is 18.2 Å². The molecule has 1 aliphatic heterocycles. The second-order valence-electron chi connectivity index (χ2n) is 7.01. The molecule has 0 amide bonds. The van der Waals surface area contributed by atoms with Crippen LogP contribution >= 0.6 is 0 Å². The molecule has 0 radical (unpaired) electrons. The molecule has 142 valence electrons. The van der Waals surface area contributed by atoms with Gasteiger partial charge in [0.25, 0.3) is 0 Å². The van der Waals surface area contributed by atoms with Gasteiger partial charge in [-0.2, -0.15) is 5.10 Å². The number of para-hydroxylation sites is 1. The zero-order valence-corrected chi connectivity index (χ0v) is 15.7. The van der Waals surface area contributed by atoms with Gasteiger partial charge in [0.1, 0.15) is 24.7 Å². The molecule has 4 rings (SSSR count). The van der Waals surface area contributed by atoms with Crippen molar-refractivity contribution in [3.63, 3.8) is 0 Å². The molecule has 0 unspecified atom stereocenters. The molecular formula is C20H26N6O. The lowest BCUT2D eigenvalue weighted by molar-refractivity contribution is 0.171. The minimum absolute atomic E-state index is 0.472. The minimum atomic E-state index is 0.472. The molecule has 1 saturated heterocycles. The third kappa shape index (κ3) is 4.36. The Morgan fingerprint density at radius 2 is 1.89 bits per heavy atom. The molecule has 0 spiro atoms. The van der Waals surface area contributed by atoms with Crippen molar-refractivity contribution < 1.29 is 4.74 Å². The van der Waals surface area contributed by atoms with Crippen LogP contribution in [0.3, 0.4) is 0 Å². The first-order chi connectivity index (χ1) is 13.3. The maximum Gasteiger partial charge on any atom is 0.154 e. The van der Waals surface area contributed by atoms with Gasteiger partial charge >= 0.3 is 0 Å². The van der Waals surface area contributed by atoms with Crippen LogP contribution in [0.2, 0.25) is 0 Å². The Kier molecular flexibility index (Phi) is 5.48. The van der Waals surface area contributed by atoms with Crippen molar-refractivity contribution in [1.82, 2.24) is 29.4 Å². The maximum atomic E-state index is 5.82. The molecular weight excluding hydrogens is 340 g/mol. The van der Waals surface area contributed by atoms with Gasteiger partial charge in [0.2, 0.25) is 0 Å². The van der Waals surface area contributed by atoms with Crippen LogP contribution in [0.25, 0.3) is 0 Å². The second-order valence-corrected chi connectivity index (χ2v) is 7.01. The van der Waals surface area contributed by atoms with Gasteiger partial charge < -0.3 is 9.30 Å². The lowest BCUT2D eigenvalue weighted by atomic mass is 9.96. The molecule has 2 aromatic heterocycles. The second kappa shape index (κ2) is 8.35. The molecule has 27 heavy (non-hydrogen) atoms. The summed E-state index contributed by atoms with van der Waals surface area (Å²) in [7, 11) is 2.06. The summed E-state index contributed by atoms with van der Waals surface area (Å²) in [4.78, 5) is 2.47. The van der Waals surface area contributed by atoms with Crippen LogP contribution in [0.1, 0.15) is 30.4 Å². The van der Waals surface area contributed by atoms with Crippen molar-refractivity contribution in [2.24, 2.45) is 7.05 Å². The zero-order valence-electron chi connectivity index (χ0n) is 15.7. The van der Waals surface area contributed by atoms with E-state index in [2.05, 4.69) is 31.8 Å². The highest BCUT2D eigenvalue weighted by Crippen LogP contribution is 2.26. The van der Waals surface area contributed by atoms with Gasteiger partial charge in [0.05, 0.1) is 0 Å². The number of hydrogen-bond acceptors (Lipinski definition) is 5. The number of hydrogen-bond donors (Lipinski definition) is 0. The zero-order chi connectivity index (χ0) is 18.5. The SMILES string of the molecule is Cn1c(Cn2cccn2)nnc1C1CCN(CCOc2ccccc2)CC1. The molecule has 1 aromatic carbocycles. The molecule has 3 heterocycles. The van der Waals surface area contributed by atoms with Crippen molar-refractivity contribution in [1.29, 1.82) is 0 Å². The summed E-state index contributed by atoms with van der Waals surface area (Å²) in [5.41, 5.74) is 0. The topological polar surface area (TPSA) is 61.0 Å². The Balaban J connectivity index is 1.26. The number of aromatic nitrogens is 5. The van der Waals surface area contributed by atoms with E-state index in [1.54, 1.807) is 6.20 Å². The number of benzene rings is 1. The van der Waals surface area contributed by atoms with Gasteiger partial charge in [-0.25, -0.2) is 0 Å². The van der Waals surface area contributed by atoms with E-state index in [1.807, 2.05) is 47.3 Å². The van der Waals surface area contributed by atoms with E-state index in [1.165, 1.54) is 0 Å². The molecule has 0 bridgehead atoms. The Bertz CT molecular complexity index is 822. The summed E-state index contributed by atoms with van der Waals surface area (Å²) < 4.78 is 9.83. The number of ether oxygens (including phenoxy) is 1. The largest absolute Gasteiger partial charge is 0.492 e. The Hall–Kier alpha value is -2.67. The minimum Gasteiger partial charge on any atom is -0.492 e. The summed E-state index contributed by atoms with van der Waals surface area (Å²) in [6.45, 7) is 4.50. The number of piperidine rings is 1. The quantitative estimate of drug-likeness (QED) is 0.642. The molecule has 0 N–H and O–H groups in total. The molecule has 3 aromatic rings. The summed E-state index contributed by atoms with van der Waals surface area (Å²) in [6, 6.07) is 11.9. The third-order valence-corrected chi connectivity index (χ3v) is 5.23. The van der Waals surface area contributed by atoms with E-state index in [-0.39, 0.29) is 0 Å². The number of rotatable bonds is 7. The van der Waals surface area contributed by atoms with Crippen LogP contribution in [0.4, 0.5) is 0 Å². The molecule has 0 saturated carbocycles. The average molecular weight is 366 g/mol. The fraction of sp³-hybridized carbons (Fsp3) is 0.450. The van der Waals surface area contributed by atoms with Crippen molar-refractivity contribution in [2.75, 3.05) is 26.2 Å². The van der Waals surface area contributed by atoms with E-state index < -0.39 is 0 Å².